The van der Waals surface area contributed by atoms with Gasteiger partial charge < -0.3 is 10.1 Å². The van der Waals surface area contributed by atoms with Gasteiger partial charge in [0.1, 0.15) is 5.75 Å². The predicted octanol–water partition coefficient (Wildman–Crippen LogP) is 5.59. The average molecular weight is 375 g/mol. The third kappa shape index (κ3) is 3.94. The molecular formula is C17H25BrClNO. The minimum Gasteiger partial charge on any atom is -0.495 e. The van der Waals surface area contributed by atoms with Crippen molar-refractivity contribution < 1.29 is 4.74 Å². The van der Waals surface area contributed by atoms with Gasteiger partial charge in [-0.1, -0.05) is 38.3 Å². The molecular weight excluding hydrogens is 350 g/mol. The van der Waals surface area contributed by atoms with Crippen molar-refractivity contribution in [2.45, 2.75) is 45.6 Å². The number of hydrogen-bond donors (Lipinski definition) is 1. The number of hydrogen-bond acceptors (Lipinski definition) is 2. The van der Waals surface area contributed by atoms with Crippen molar-refractivity contribution in [2.24, 2.45) is 11.8 Å². The fourth-order valence-corrected chi connectivity index (χ4v) is 4.48. The molecule has 1 aliphatic rings. The van der Waals surface area contributed by atoms with Crippen LogP contribution in [0.15, 0.2) is 16.6 Å². The van der Waals surface area contributed by atoms with Gasteiger partial charge >= 0.3 is 0 Å². The molecule has 1 aromatic carbocycles. The molecule has 2 nitrogen and oxygen atoms in total. The van der Waals surface area contributed by atoms with E-state index in [4.69, 9.17) is 16.3 Å². The van der Waals surface area contributed by atoms with Gasteiger partial charge in [-0.15, -0.1) is 0 Å². The molecule has 0 saturated heterocycles. The summed E-state index contributed by atoms with van der Waals surface area (Å²) < 4.78 is 6.57. The summed E-state index contributed by atoms with van der Waals surface area (Å²) in [7, 11) is 1.73. The number of halogens is 2. The largest absolute Gasteiger partial charge is 0.495 e. The fourth-order valence-electron chi connectivity index (χ4n) is 3.49. The van der Waals surface area contributed by atoms with E-state index in [2.05, 4.69) is 41.2 Å². The van der Waals surface area contributed by atoms with Crippen LogP contribution < -0.4 is 10.1 Å². The lowest BCUT2D eigenvalue weighted by atomic mass is 9.85. The third-order valence-electron chi connectivity index (χ3n) is 4.55. The van der Waals surface area contributed by atoms with Crippen LogP contribution in [0.25, 0.3) is 0 Å². The lowest BCUT2D eigenvalue weighted by Crippen LogP contribution is -2.30. The zero-order valence-corrected chi connectivity index (χ0v) is 15.4. The summed E-state index contributed by atoms with van der Waals surface area (Å²) in [6.07, 6.45) is 5.04. The van der Waals surface area contributed by atoms with Crippen LogP contribution in [-0.2, 0) is 0 Å². The van der Waals surface area contributed by atoms with Crippen molar-refractivity contribution in [3.8, 4) is 5.75 Å². The molecule has 4 heteroatoms. The van der Waals surface area contributed by atoms with Crippen LogP contribution in [0, 0.1) is 11.8 Å². The SMILES string of the molecule is CCCNC(c1cc(Cl)cc(Br)c1OC)C1CCCC1C. The Hall–Kier alpha value is -0.250. The van der Waals surface area contributed by atoms with Crippen molar-refractivity contribution >= 4 is 27.5 Å². The maximum absolute atomic E-state index is 6.29. The van der Waals surface area contributed by atoms with Crippen LogP contribution in [0.2, 0.25) is 5.02 Å². The molecule has 118 valence electrons. The first-order chi connectivity index (χ1) is 10.1. The van der Waals surface area contributed by atoms with E-state index in [0.29, 0.717) is 12.0 Å². The molecule has 3 atom stereocenters. The summed E-state index contributed by atoms with van der Waals surface area (Å²) in [5.41, 5.74) is 1.18. The van der Waals surface area contributed by atoms with Gasteiger partial charge in [-0.3, -0.25) is 0 Å². The van der Waals surface area contributed by atoms with Gasteiger partial charge in [0.15, 0.2) is 0 Å². The number of methoxy groups -OCH3 is 1. The summed E-state index contributed by atoms with van der Waals surface area (Å²) in [5, 5.41) is 4.48. The molecule has 0 spiro atoms. The molecule has 1 saturated carbocycles. The van der Waals surface area contributed by atoms with Crippen molar-refractivity contribution in [1.29, 1.82) is 0 Å². The molecule has 1 aromatic rings. The van der Waals surface area contributed by atoms with E-state index in [0.717, 1.165) is 34.1 Å². The normalized spacial score (nSPS) is 23.3. The fraction of sp³-hybridized carbons (Fsp3) is 0.647. The lowest BCUT2D eigenvalue weighted by molar-refractivity contribution is 0.292. The maximum Gasteiger partial charge on any atom is 0.137 e. The molecule has 1 N–H and O–H groups in total. The summed E-state index contributed by atoms with van der Waals surface area (Å²) >= 11 is 9.87. The number of rotatable bonds is 6. The van der Waals surface area contributed by atoms with E-state index in [-0.39, 0.29) is 0 Å². The van der Waals surface area contributed by atoms with E-state index in [1.807, 2.05) is 6.07 Å². The molecule has 0 radical (unpaired) electrons. The summed E-state index contributed by atoms with van der Waals surface area (Å²) in [4.78, 5) is 0. The first-order valence-corrected chi connectivity index (χ1v) is 9.01. The van der Waals surface area contributed by atoms with E-state index in [1.54, 1.807) is 7.11 Å². The Morgan fingerprint density at radius 1 is 1.43 bits per heavy atom. The van der Waals surface area contributed by atoms with Crippen LogP contribution in [0.1, 0.15) is 51.1 Å². The molecule has 0 bridgehead atoms. The van der Waals surface area contributed by atoms with Crippen molar-refractivity contribution in [1.82, 2.24) is 5.32 Å². The van der Waals surface area contributed by atoms with Gasteiger partial charge in [0.2, 0.25) is 0 Å². The van der Waals surface area contributed by atoms with Gasteiger partial charge in [-0.05, 0) is 59.3 Å². The van der Waals surface area contributed by atoms with Crippen molar-refractivity contribution in [3.63, 3.8) is 0 Å². The lowest BCUT2D eigenvalue weighted by Gasteiger charge is -2.30. The molecule has 21 heavy (non-hydrogen) atoms. The molecule has 2 rings (SSSR count). The Kier molecular flexibility index (Phi) is 6.39. The highest BCUT2D eigenvalue weighted by Gasteiger charge is 2.33. The Bertz CT molecular complexity index is 480. The van der Waals surface area contributed by atoms with E-state index in [9.17, 15) is 0 Å². The van der Waals surface area contributed by atoms with Crippen LogP contribution in [0.4, 0.5) is 0 Å². The predicted molar refractivity (Wildman–Crippen MR) is 93.2 cm³/mol. The molecule has 1 fully saturated rings. The Morgan fingerprint density at radius 3 is 2.76 bits per heavy atom. The molecule has 0 aliphatic heterocycles. The van der Waals surface area contributed by atoms with Crippen molar-refractivity contribution in [3.05, 3.63) is 27.2 Å². The minimum absolute atomic E-state index is 0.312. The molecule has 0 heterocycles. The maximum atomic E-state index is 6.29. The topological polar surface area (TPSA) is 21.3 Å². The standard InChI is InChI=1S/C17H25BrClNO/c1-4-8-20-16(13-7-5-6-11(13)2)14-9-12(19)10-15(18)17(14)21-3/h9-11,13,16,20H,4-8H2,1-3H3. The van der Waals surface area contributed by atoms with Gasteiger partial charge in [-0.2, -0.15) is 0 Å². The molecule has 0 amide bonds. The van der Waals surface area contributed by atoms with Crippen LogP contribution in [-0.4, -0.2) is 13.7 Å². The van der Waals surface area contributed by atoms with Gasteiger partial charge in [0.05, 0.1) is 11.6 Å². The Morgan fingerprint density at radius 2 is 2.19 bits per heavy atom. The van der Waals surface area contributed by atoms with Gasteiger partial charge in [0, 0.05) is 16.6 Å². The molecule has 1 aliphatic carbocycles. The van der Waals surface area contributed by atoms with Gasteiger partial charge in [-0.25, -0.2) is 0 Å². The van der Waals surface area contributed by atoms with E-state index in [1.165, 1.54) is 24.8 Å². The molecule has 3 unspecified atom stereocenters. The average Bonchev–Trinajstić information content (AvgIpc) is 2.85. The Balaban J connectivity index is 2.40. The molecule has 0 aromatic heterocycles. The van der Waals surface area contributed by atoms with Gasteiger partial charge in [0.25, 0.3) is 0 Å². The first-order valence-electron chi connectivity index (χ1n) is 7.84. The second kappa shape index (κ2) is 7.85. The number of nitrogens with one attached hydrogen (secondary N) is 1. The number of ether oxygens (including phenoxy) is 1. The van der Waals surface area contributed by atoms with Crippen LogP contribution in [0.5, 0.6) is 5.75 Å². The quantitative estimate of drug-likeness (QED) is 0.701. The highest BCUT2D eigenvalue weighted by Crippen LogP contribution is 2.45. The highest BCUT2D eigenvalue weighted by atomic mass is 79.9. The first kappa shape index (κ1) is 17.1. The smallest absolute Gasteiger partial charge is 0.137 e. The number of benzene rings is 1. The second-order valence-electron chi connectivity index (χ2n) is 6.01. The van der Waals surface area contributed by atoms with Crippen LogP contribution >= 0.6 is 27.5 Å². The minimum atomic E-state index is 0.312. The second-order valence-corrected chi connectivity index (χ2v) is 7.30. The highest BCUT2D eigenvalue weighted by molar-refractivity contribution is 9.10. The van der Waals surface area contributed by atoms with Crippen LogP contribution in [0.3, 0.4) is 0 Å². The monoisotopic (exact) mass is 373 g/mol. The Labute approximate surface area is 141 Å². The summed E-state index contributed by atoms with van der Waals surface area (Å²) in [6, 6.07) is 4.27. The zero-order chi connectivity index (χ0) is 15.4. The van der Waals surface area contributed by atoms with Crippen molar-refractivity contribution in [2.75, 3.05) is 13.7 Å². The van der Waals surface area contributed by atoms with E-state index < -0.39 is 0 Å². The van der Waals surface area contributed by atoms with E-state index >= 15 is 0 Å². The summed E-state index contributed by atoms with van der Waals surface area (Å²) in [5.74, 6) is 2.30. The zero-order valence-electron chi connectivity index (χ0n) is 13.1. The third-order valence-corrected chi connectivity index (χ3v) is 5.35. The summed E-state index contributed by atoms with van der Waals surface area (Å²) in [6.45, 7) is 5.58.